The molecule has 3 amide bonds. The van der Waals surface area contributed by atoms with Crippen LogP contribution in [0.5, 0.6) is 5.75 Å². The first-order chi connectivity index (χ1) is 21.8. The highest BCUT2D eigenvalue weighted by molar-refractivity contribution is 7.59. The molecule has 0 radical (unpaired) electrons. The third kappa shape index (κ3) is 6.73. The van der Waals surface area contributed by atoms with Gasteiger partial charge in [0, 0.05) is 25.7 Å². The van der Waals surface area contributed by atoms with Crippen molar-refractivity contribution in [2.24, 2.45) is 0 Å². The van der Waals surface area contributed by atoms with E-state index in [-0.39, 0.29) is 50.8 Å². The number of hydrogen-bond donors (Lipinski definition) is 2. The number of aliphatic carboxylic acids is 1. The maximum Gasteiger partial charge on any atom is 0.326 e. The van der Waals surface area contributed by atoms with E-state index in [0.29, 0.717) is 69.5 Å². The average Bonchev–Trinajstić information content (AvgIpc) is 3.58. The maximum atomic E-state index is 14.6. The number of amides is 3. The van der Waals surface area contributed by atoms with Gasteiger partial charge in [0.1, 0.15) is 11.8 Å². The number of carbonyl (C=O) groups excluding carboxylic acids is 3. The number of para-hydroxylation sites is 1. The first-order valence-corrected chi connectivity index (χ1v) is 15.8. The fraction of sp³-hybridized carbons (Fsp3) is 0.389. The molecule has 250 valence electrons. The van der Waals surface area contributed by atoms with Crippen LogP contribution in [0.3, 0.4) is 0 Å². The molecule has 1 aliphatic carbocycles. The third-order valence-corrected chi connectivity index (χ3v) is 9.83. The molecule has 0 aromatic heterocycles. The van der Waals surface area contributed by atoms with E-state index >= 15 is 0 Å². The van der Waals surface area contributed by atoms with Crippen molar-refractivity contribution in [2.75, 3.05) is 26.7 Å². The van der Waals surface area contributed by atoms with Gasteiger partial charge in [-0.15, -0.1) is 0 Å². The highest BCUT2D eigenvalue weighted by Crippen LogP contribution is 2.49. The summed E-state index contributed by atoms with van der Waals surface area (Å²) in [6.45, 7) is 1.44. The topological polar surface area (TPSA) is 116 Å². The summed E-state index contributed by atoms with van der Waals surface area (Å²) in [4.78, 5) is 57.2. The lowest BCUT2D eigenvalue weighted by Gasteiger charge is -2.44. The van der Waals surface area contributed by atoms with Crippen LogP contribution in [-0.2, 0) is 19.8 Å². The van der Waals surface area contributed by atoms with Gasteiger partial charge in [0.05, 0.1) is 24.0 Å². The molecule has 0 unspecified atom stereocenters. The summed E-state index contributed by atoms with van der Waals surface area (Å²) in [5, 5.41) is 13.0. The number of ether oxygens (including phenoxy) is 1. The molecule has 6 rings (SSSR count). The van der Waals surface area contributed by atoms with Crippen molar-refractivity contribution in [1.82, 2.24) is 15.1 Å². The fourth-order valence-corrected chi connectivity index (χ4v) is 7.54. The molecule has 3 atom stereocenters. The minimum Gasteiger partial charge on any atom is -0.496 e. The molecule has 0 bridgehead atoms. The van der Waals surface area contributed by atoms with E-state index in [9.17, 15) is 24.3 Å². The second-order valence-corrected chi connectivity index (χ2v) is 12.2. The number of nitrogens with one attached hydrogen (secondary N) is 1. The number of carbonyl (C=O) groups is 4. The van der Waals surface area contributed by atoms with Crippen LogP contribution in [0.15, 0.2) is 78.9 Å². The van der Waals surface area contributed by atoms with E-state index in [1.807, 2.05) is 65.6 Å². The molecule has 3 aromatic rings. The molecule has 47 heavy (non-hydrogen) atoms. The predicted molar refractivity (Wildman–Crippen MR) is 189 cm³/mol. The Bertz CT molecular complexity index is 1600. The Balaban J connectivity index is 0.00000250. The standard InChI is InChI=1S/C36H39N3O6.2H2S/c1-45-31-16-8-6-13-28(31)32(40)37-25-18-22-38(23-19-25)33(41)27-17-20-36(24-10-3-2-4-11-24,29-14-7-5-12-26(27)29)35(44)39-21-9-15-30(39)34(42)43;;/h2-8,10-14,16,25,27,30H,9,15,17-23H2,1H3,(H,37,40)(H,42,43);2*1H2/t27-,30-,36+;;/m0../s1. The Hall–Kier alpha value is -3.96. The number of carboxylic acid groups (broad SMARTS) is 1. The van der Waals surface area contributed by atoms with Gasteiger partial charge in [-0.3, -0.25) is 14.4 Å². The quantitative estimate of drug-likeness (QED) is 0.379. The molecule has 0 spiro atoms. The van der Waals surface area contributed by atoms with Gasteiger partial charge < -0.3 is 25.0 Å². The lowest BCUT2D eigenvalue weighted by molar-refractivity contribution is -0.150. The summed E-state index contributed by atoms with van der Waals surface area (Å²) in [5.74, 6) is -1.25. The molecular formula is C36H43N3O6S2. The number of piperidine rings is 1. The van der Waals surface area contributed by atoms with Crippen molar-refractivity contribution in [3.8, 4) is 5.75 Å². The second-order valence-electron chi connectivity index (χ2n) is 12.2. The Labute approximate surface area is 289 Å². The number of hydrogen-bond acceptors (Lipinski definition) is 5. The summed E-state index contributed by atoms with van der Waals surface area (Å²) in [7, 11) is 1.54. The number of fused-ring (bicyclic) bond motifs is 1. The Morgan fingerprint density at radius 2 is 1.49 bits per heavy atom. The lowest BCUT2D eigenvalue weighted by Crippen LogP contribution is -2.54. The lowest BCUT2D eigenvalue weighted by atomic mass is 9.62. The van der Waals surface area contributed by atoms with Gasteiger partial charge in [-0.25, -0.2) is 4.79 Å². The molecule has 2 saturated heterocycles. The molecule has 2 heterocycles. The summed E-state index contributed by atoms with van der Waals surface area (Å²) in [6, 6.07) is 23.5. The van der Waals surface area contributed by atoms with Crippen molar-refractivity contribution in [2.45, 2.75) is 61.9 Å². The monoisotopic (exact) mass is 677 g/mol. The summed E-state index contributed by atoms with van der Waals surface area (Å²) in [5.41, 5.74) is 1.82. The average molecular weight is 678 g/mol. The van der Waals surface area contributed by atoms with Gasteiger partial charge in [0.15, 0.2) is 0 Å². The number of methoxy groups -OCH3 is 1. The van der Waals surface area contributed by atoms with E-state index in [2.05, 4.69) is 5.32 Å². The first-order valence-electron chi connectivity index (χ1n) is 15.8. The van der Waals surface area contributed by atoms with Gasteiger partial charge in [-0.1, -0.05) is 66.7 Å². The van der Waals surface area contributed by atoms with E-state index in [1.54, 1.807) is 30.2 Å². The molecular weight excluding hydrogens is 635 g/mol. The Morgan fingerprint density at radius 3 is 2.19 bits per heavy atom. The smallest absolute Gasteiger partial charge is 0.326 e. The van der Waals surface area contributed by atoms with Crippen LogP contribution in [0, 0.1) is 0 Å². The van der Waals surface area contributed by atoms with Crippen molar-refractivity contribution >= 4 is 50.7 Å². The molecule has 2 N–H and O–H groups in total. The zero-order valence-electron chi connectivity index (χ0n) is 26.5. The summed E-state index contributed by atoms with van der Waals surface area (Å²) >= 11 is 0. The van der Waals surface area contributed by atoms with E-state index in [4.69, 9.17) is 4.74 Å². The molecule has 3 aliphatic rings. The second kappa shape index (κ2) is 15.3. The van der Waals surface area contributed by atoms with Crippen LogP contribution in [0.4, 0.5) is 0 Å². The predicted octanol–water partition coefficient (Wildman–Crippen LogP) is 4.58. The summed E-state index contributed by atoms with van der Waals surface area (Å²) in [6.07, 6.45) is 3.22. The van der Waals surface area contributed by atoms with Gasteiger partial charge in [0.25, 0.3) is 5.91 Å². The fourth-order valence-electron chi connectivity index (χ4n) is 7.54. The number of carboxylic acids is 1. The number of likely N-dealkylation sites (tertiary alicyclic amines) is 2. The van der Waals surface area contributed by atoms with Crippen LogP contribution >= 0.6 is 27.0 Å². The SMILES string of the molecule is COc1ccccc1C(=O)NC1CCN(C(=O)[C@H]2CC[C@@](C(=O)N3CCC[C@H]3C(=O)O)(c3ccccc3)c3ccccc32)CC1.S.S. The van der Waals surface area contributed by atoms with Crippen LogP contribution in [0.1, 0.15) is 71.5 Å². The third-order valence-electron chi connectivity index (χ3n) is 9.83. The van der Waals surface area contributed by atoms with Crippen molar-refractivity contribution < 1.29 is 29.0 Å². The number of benzene rings is 3. The van der Waals surface area contributed by atoms with Gasteiger partial charge >= 0.3 is 5.97 Å². The minimum absolute atomic E-state index is 0. The first kappa shape index (κ1) is 35.9. The highest BCUT2D eigenvalue weighted by Gasteiger charge is 2.52. The highest BCUT2D eigenvalue weighted by atomic mass is 32.1. The Morgan fingerprint density at radius 1 is 0.830 bits per heavy atom. The zero-order valence-corrected chi connectivity index (χ0v) is 28.5. The molecule has 11 heteroatoms. The Kier molecular flexibility index (Phi) is 11.7. The van der Waals surface area contributed by atoms with Gasteiger partial charge in [-0.2, -0.15) is 27.0 Å². The summed E-state index contributed by atoms with van der Waals surface area (Å²) < 4.78 is 5.34. The van der Waals surface area contributed by atoms with Crippen molar-refractivity contribution in [3.63, 3.8) is 0 Å². The molecule has 9 nitrogen and oxygen atoms in total. The number of nitrogens with zero attached hydrogens (tertiary/aromatic N) is 2. The van der Waals surface area contributed by atoms with Gasteiger partial charge in [-0.05, 0) is 67.3 Å². The number of rotatable bonds is 7. The maximum absolute atomic E-state index is 14.6. The van der Waals surface area contributed by atoms with Crippen LogP contribution < -0.4 is 10.1 Å². The van der Waals surface area contributed by atoms with Crippen LogP contribution in [0.25, 0.3) is 0 Å². The van der Waals surface area contributed by atoms with Crippen LogP contribution in [0.2, 0.25) is 0 Å². The minimum atomic E-state index is -1.08. The normalized spacial score (nSPS) is 22.2. The van der Waals surface area contributed by atoms with Crippen molar-refractivity contribution in [3.05, 3.63) is 101 Å². The van der Waals surface area contributed by atoms with E-state index in [0.717, 1.165) is 16.7 Å². The molecule has 2 aliphatic heterocycles. The van der Waals surface area contributed by atoms with Gasteiger partial charge in [0.2, 0.25) is 11.8 Å². The van der Waals surface area contributed by atoms with Crippen LogP contribution in [-0.4, -0.2) is 77.4 Å². The van der Waals surface area contributed by atoms with Crippen molar-refractivity contribution in [1.29, 1.82) is 0 Å². The molecule has 0 saturated carbocycles. The largest absolute Gasteiger partial charge is 0.496 e. The van der Waals surface area contributed by atoms with E-state index < -0.39 is 23.3 Å². The molecule has 3 aromatic carbocycles. The van der Waals surface area contributed by atoms with E-state index in [1.165, 1.54) is 0 Å². The molecule has 2 fully saturated rings. The zero-order chi connectivity index (χ0) is 31.6.